The summed E-state index contributed by atoms with van der Waals surface area (Å²) in [5, 5.41) is 12.6. The lowest BCUT2D eigenvalue weighted by molar-refractivity contribution is -0.116. The van der Waals surface area contributed by atoms with E-state index in [0.717, 1.165) is 16.5 Å². The molecule has 0 aliphatic heterocycles. The zero-order valence-electron chi connectivity index (χ0n) is 14.8. The molecule has 28 heavy (non-hydrogen) atoms. The van der Waals surface area contributed by atoms with Crippen LogP contribution in [0.4, 0.5) is 10.1 Å². The average molecular weight is 398 g/mol. The highest BCUT2D eigenvalue weighted by Gasteiger charge is 2.10. The number of nitrogens with one attached hydrogen (secondary N) is 1. The van der Waals surface area contributed by atoms with Crippen LogP contribution in [0.1, 0.15) is 12.0 Å². The normalized spacial score (nSPS) is 11.1. The number of nitrogens with zero attached hydrogens (tertiary/aromatic N) is 4. The van der Waals surface area contributed by atoms with Crippen molar-refractivity contribution in [3.8, 4) is 0 Å². The SMILES string of the molecule is O=C(CCn1nc(Cl)c2ccccc21)Nc1cnn(Cc2cccc(F)c2)c1. The van der Waals surface area contributed by atoms with Gasteiger partial charge in [-0.3, -0.25) is 14.2 Å². The third-order valence-electron chi connectivity index (χ3n) is 4.31. The molecule has 0 aliphatic rings. The minimum Gasteiger partial charge on any atom is -0.323 e. The highest BCUT2D eigenvalue weighted by molar-refractivity contribution is 6.34. The van der Waals surface area contributed by atoms with Crippen LogP contribution in [0.15, 0.2) is 60.9 Å². The van der Waals surface area contributed by atoms with Gasteiger partial charge in [-0.1, -0.05) is 35.9 Å². The second kappa shape index (κ2) is 7.82. The summed E-state index contributed by atoms with van der Waals surface area (Å²) in [6.07, 6.45) is 3.53. The number of carbonyl (C=O) groups excluding carboxylic acids is 1. The number of hydrogen-bond acceptors (Lipinski definition) is 3. The lowest BCUT2D eigenvalue weighted by atomic mass is 10.2. The van der Waals surface area contributed by atoms with Crippen LogP contribution in [0.5, 0.6) is 0 Å². The summed E-state index contributed by atoms with van der Waals surface area (Å²) < 4.78 is 16.6. The van der Waals surface area contributed by atoms with Gasteiger partial charge in [-0.25, -0.2) is 4.39 Å². The number of halogens is 2. The first kappa shape index (κ1) is 18.2. The van der Waals surface area contributed by atoms with Gasteiger partial charge in [0.25, 0.3) is 0 Å². The molecule has 0 saturated heterocycles. The summed E-state index contributed by atoms with van der Waals surface area (Å²) in [5.74, 6) is -0.439. The van der Waals surface area contributed by atoms with Crippen LogP contribution < -0.4 is 5.32 Å². The van der Waals surface area contributed by atoms with Gasteiger partial charge in [0.1, 0.15) is 5.82 Å². The molecule has 1 amide bonds. The minimum absolute atomic E-state index is 0.152. The number of rotatable bonds is 6. The number of hydrogen-bond donors (Lipinski definition) is 1. The van der Waals surface area contributed by atoms with Gasteiger partial charge in [-0.2, -0.15) is 10.2 Å². The maximum atomic E-state index is 13.3. The van der Waals surface area contributed by atoms with Crippen molar-refractivity contribution in [1.29, 1.82) is 0 Å². The maximum absolute atomic E-state index is 13.3. The number of carbonyl (C=O) groups is 1. The first-order valence-corrected chi connectivity index (χ1v) is 9.14. The fraction of sp³-hybridized carbons (Fsp3) is 0.150. The smallest absolute Gasteiger partial charge is 0.226 e. The van der Waals surface area contributed by atoms with Crippen molar-refractivity contribution in [3.05, 3.63) is 77.5 Å². The maximum Gasteiger partial charge on any atom is 0.226 e. The van der Waals surface area contributed by atoms with E-state index in [9.17, 15) is 9.18 Å². The van der Waals surface area contributed by atoms with E-state index >= 15 is 0 Å². The molecular weight excluding hydrogens is 381 g/mol. The molecule has 2 heterocycles. The molecule has 0 spiro atoms. The van der Waals surface area contributed by atoms with Gasteiger partial charge < -0.3 is 5.32 Å². The molecular formula is C20H17ClFN5O. The number of anilines is 1. The van der Waals surface area contributed by atoms with Crippen molar-refractivity contribution in [3.63, 3.8) is 0 Å². The zero-order chi connectivity index (χ0) is 19.5. The van der Waals surface area contributed by atoms with E-state index in [2.05, 4.69) is 15.5 Å². The van der Waals surface area contributed by atoms with Crippen molar-refractivity contribution in [2.24, 2.45) is 0 Å². The first-order chi connectivity index (χ1) is 13.6. The number of amides is 1. The second-order valence-electron chi connectivity index (χ2n) is 6.39. The molecule has 6 nitrogen and oxygen atoms in total. The molecule has 0 unspecified atom stereocenters. The van der Waals surface area contributed by atoms with Crippen molar-refractivity contribution >= 4 is 34.1 Å². The number of aromatic nitrogens is 4. The fourth-order valence-corrected chi connectivity index (χ4v) is 3.28. The summed E-state index contributed by atoms with van der Waals surface area (Å²) in [5.41, 5.74) is 2.27. The Morgan fingerprint density at radius 3 is 2.89 bits per heavy atom. The Morgan fingerprint density at radius 1 is 1.18 bits per heavy atom. The third-order valence-corrected chi connectivity index (χ3v) is 4.59. The summed E-state index contributed by atoms with van der Waals surface area (Å²) in [7, 11) is 0. The Morgan fingerprint density at radius 2 is 2.04 bits per heavy atom. The summed E-state index contributed by atoms with van der Waals surface area (Å²) >= 11 is 6.13. The van der Waals surface area contributed by atoms with E-state index in [1.807, 2.05) is 30.3 Å². The molecule has 0 aliphatic carbocycles. The molecule has 1 N–H and O–H groups in total. The average Bonchev–Trinajstić information content (AvgIpc) is 3.24. The molecule has 4 aromatic rings. The minimum atomic E-state index is -0.288. The van der Waals surface area contributed by atoms with Crippen LogP contribution in [0, 0.1) is 5.82 Å². The van der Waals surface area contributed by atoms with Gasteiger partial charge in [-0.05, 0) is 29.8 Å². The zero-order valence-corrected chi connectivity index (χ0v) is 15.6. The fourth-order valence-electron chi connectivity index (χ4n) is 3.03. The van der Waals surface area contributed by atoms with Crippen LogP contribution >= 0.6 is 11.6 Å². The predicted molar refractivity (Wildman–Crippen MR) is 106 cm³/mol. The van der Waals surface area contributed by atoms with E-state index in [0.29, 0.717) is 23.9 Å². The highest BCUT2D eigenvalue weighted by atomic mass is 35.5. The lowest BCUT2D eigenvalue weighted by Gasteiger charge is -2.04. The van der Waals surface area contributed by atoms with Gasteiger partial charge in [0, 0.05) is 18.0 Å². The van der Waals surface area contributed by atoms with E-state index in [1.54, 1.807) is 27.8 Å². The van der Waals surface area contributed by atoms with Gasteiger partial charge >= 0.3 is 0 Å². The number of para-hydroxylation sites is 1. The molecule has 0 fully saturated rings. The monoisotopic (exact) mass is 397 g/mol. The number of benzene rings is 2. The largest absolute Gasteiger partial charge is 0.323 e. The summed E-state index contributed by atoms with van der Waals surface area (Å²) in [4.78, 5) is 12.3. The molecule has 4 rings (SSSR count). The Bertz CT molecular complexity index is 1140. The molecule has 0 saturated carbocycles. The highest BCUT2D eigenvalue weighted by Crippen LogP contribution is 2.22. The van der Waals surface area contributed by atoms with Crippen molar-refractivity contribution in [1.82, 2.24) is 19.6 Å². The van der Waals surface area contributed by atoms with Crippen LogP contribution in [0.2, 0.25) is 5.15 Å². The molecule has 8 heteroatoms. The van der Waals surface area contributed by atoms with E-state index < -0.39 is 0 Å². The summed E-state index contributed by atoms with van der Waals surface area (Å²) in [6, 6.07) is 14.0. The molecule has 2 aromatic carbocycles. The predicted octanol–water partition coefficient (Wildman–Crippen LogP) is 4.10. The lowest BCUT2D eigenvalue weighted by Crippen LogP contribution is -2.14. The van der Waals surface area contributed by atoms with Crippen molar-refractivity contribution in [2.45, 2.75) is 19.5 Å². The van der Waals surface area contributed by atoms with Gasteiger partial charge in [0.2, 0.25) is 5.91 Å². The molecule has 0 bridgehead atoms. The summed E-state index contributed by atoms with van der Waals surface area (Å²) in [6.45, 7) is 0.835. The standard InChI is InChI=1S/C20H17ClFN5O/c21-20-17-6-1-2-7-18(17)27(25-20)9-8-19(28)24-16-11-23-26(13-16)12-14-4-3-5-15(22)10-14/h1-7,10-11,13H,8-9,12H2,(H,24,28). The third kappa shape index (κ3) is 4.04. The molecule has 0 radical (unpaired) electrons. The molecule has 142 valence electrons. The Balaban J connectivity index is 1.36. The number of fused-ring (bicyclic) bond motifs is 1. The Hall–Kier alpha value is -3.19. The quantitative estimate of drug-likeness (QED) is 0.532. The van der Waals surface area contributed by atoms with Gasteiger partial charge in [0.15, 0.2) is 5.15 Å². The van der Waals surface area contributed by atoms with Crippen molar-refractivity contribution in [2.75, 3.05) is 5.32 Å². The number of aryl methyl sites for hydroxylation is 1. The van der Waals surface area contributed by atoms with E-state index in [1.165, 1.54) is 12.1 Å². The van der Waals surface area contributed by atoms with E-state index in [4.69, 9.17) is 11.6 Å². The van der Waals surface area contributed by atoms with Gasteiger partial charge in [-0.15, -0.1) is 0 Å². The molecule has 0 atom stereocenters. The second-order valence-corrected chi connectivity index (χ2v) is 6.74. The topological polar surface area (TPSA) is 64.7 Å². The van der Waals surface area contributed by atoms with Crippen LogP contribution in [-0.4, -0.2) is 25.5 Å². The molecule has 2 aromatic heterocycles. The van der Waals surface area contributed by atoms with E-state index in [-0.39, 0.29) is 18.1 Å². The van der Waals surface area contributed by atoms with Crippen molar-refractivity contribution < 1.29 is 9.18 Å². The Kier molecular flexibility index (Phi) is 5.08. The van der Waals surface area contributed by atoms with Crippen LogP contribution in [0.3, 0.4) is 0 Å². The first-order valence-electron chi connectivity index (χ1n) is 8.76. The Labute approximate surface area is 165 Å². The van der Waals surface area contributed by atoms with Crippen LogP contribution in [0.25, 0.3) is 10.9 Å². The van der Waals surface area contributed by atoms with Crippen LogP contribution in [-0.2, 0) is 17.9 Å². The van der Waals surface area contributed by atoms with Gasteiger partial charge in [0.05, 0.1) is 30.5 Å².